The van der Waals surface area contributed by atoms with Crippen molar-refractivity contribution in [1.29, 1.82) is 0 Å². The van der Waals surface area contributed by atoms with Gasteiger partial charge in [-0.25, -0.2) is 0 Å². The fourth-order valence-electron chi connectivity index (χ4n) is 1.67. The van der Waals surface area contributed by atoms with Crippen LogP contribution in [0.5, 0.6) is 0 Å². The van der Waals surface area contributed by atoms with E-state index in [1.54, 1.807) is 0 Å². The molecule has 2 heterocycles. The van der Waals surface area contributed by atoms with Gasteiger partial charge in [0.15, 0.2) is 6.10 Å². The molecule has 2 saturated heterocycles. The van der Waals surface area contributed by atoms with Crippen molar-refractivity contribution in [1.82, 2.24) is 5.32 Å². The molecule has 3 atom stereocenters. The van der Waals surface area contributed by atoms with Gasteiger partial charge in [0.2, 0.25) is 0 Å². The van der Waals surface area contributed by atoms with E-state index in [0.29, 0.717) is 13.0 Å². The number of ether oxygens (including phenoxy) is 1. The molecule has 0 radical (unpaired) electrons. The molecule has 2 aliphatic rings. The van der Waals surface area contributed by atoms with Crippen LogP contribution in [-0.2, 0) is 4.74 Å². The largest absolute Gasteiger partial charge is 0.416 e. The molecule has 0 aromatic carbocycles. The summed E-state index contributed by atoms with van der Waals surface area (Å²) in [4.78, 5) is 0. The van der Waals surface area contributed by atoms with Crippen LogP contribution < -0.4 is 5.32 Å². The molecule has 2 nitrogen and oxygen atoms in total. The third-order valence-corrected chi connectivity index (χ3v) is 2.15. The summed E-state index contributed by atoms with van der Waals surface area (Å²) >= 11 is 0. The van der Waals surface area contributed by atoms with Crippen molar-refractivity contribution in [3.05, 3.63) is 0 Å². The second kappa shape index (κ2) is 3.05. The summed E-state index contributed by atoms with van der Waals surface area (Å²) in [6.07, 6.45) is -5.48. The highest BCUT2D eigenvalue weighted by Crippen LogP contribution is 2.36. The summed E-state index contributed by atoms with van der Waals surface area (Å²) in [7, 11) is 0. The minimum absolute atomic E-state index is 0. The number of halogens is 4. The van der Waals surface area contributed by atoms with E-state index in [-0.39, 0.29) is 18.5 Å². The second-order valence-corrected chi connectivity index (χ2v) is 2.97. The molecule has 2 rings (SSSR count). The first-order valence-electron chi connectivity index (χ1n) is 3.53. The first-order chi connectivity index (χ1) is 5.07. The van der Waals surface area contributed by atoms with Gasteiger partial charge >= 0.3 is 6.18 Å². The highest BCUT2D eigenvalue weighted by atomic mass is 35.5. The topological polar surface area (TPSA) is 21.3 Å². The lowest BCUT2D eigenvalue weighted by Crippen LogP contribution is -2.47. The van der Waals surface area contributed by atoms with Crippen LogP contribution in [0.4, 0.5) is 13.2 Å². The molecule has 0 aromatic rings. The molecule has 0 aliphatic carbocycles. The summed E-state index contributed by atoms with van der Waals surface area (Å²) in [6.45, 7) is 0.567. The van der Waals surface area contributed by atoms with Crippen LogP contribution in [0.15, 0.2) is 0 Å². The zero-order valence-corrected chi connectivity index (χ0v) is 6.91. The Hall–Kier alpha value is -0.0000000000000000416. The van der Waals surface area contributed by atoms with E-state index < -0.39 is 18.3 Å². The van der Waals surface area contributed by atoms with Crippen molar-refractivity contribution < 1.29 is 17.9 Å². The van der Waals surface area contributed by atoms with E-state index in [0.717, 1.165) is 0 Å². The van der Waals surface area contributed by atoms with Crippen LogP contribution in [-0.4, -0.2) is 31.0 Å². The average molecular weight is 204 g/mol. The summed E-state index contributed by atoms with van der Waals surface area (Å²) < 4.78 is 40.9. The fourth-order valence-corrected chi connectivity index (χ4v) is 1.67. The highest BCUT2D eigenvalue weighted by Gasteiger charge is 2.54. The zero-order chi connectivity index (χ0) is 8.06. The van der Waals surface area contributed by atoms with Crippen molar-refractivity contribution in [3.63, 3.8) is 0 Å². The molecule has 0 unspecified atom stereocenters. The van der Waals surface area contributed by atoms with Gasteiger partial charge in [0.1, 0.15) is 0 Å². The van der Waals surface area contributed by atoms with E-state index in [2.05, 4.69) is 5.32 Å². The first kappa shape index (κ1) is 10.1. The first-order valence-corrected chi connectivity index (χ1v) is 3.53. The lowest BCUT2D eigenvalue weighted by Gasteiger charge is -2.25. The Kier molecular flexibility index (Phi) is 2.56. The number of nitrogens with one attached hydrogen (secondary N) is 1. The molecular weight excluding hydrogens is 195 g/mol. The summed E-state index contributed by atoms with van der Waals surface area (Å²) in [5, 5.41) is 2.77. The van der Waals surface area contributed by atoms with Gasteiger partial charge in [-0.2, -0.15) is 13.2 Å². The third kappa shape index (κ3) is 1.53. The number of hydrogen-bond donors (Lipinski definition) is 1. The number of morpholine rings is 1. The van der Waals surface area contributed by atoms with Crippen LogP contribution in [0, 0.1) is 0 Å². The molecule has 0 spiro atoms. The van der Waals surface area contributed by atoms with Crippen molar-refractivity contribution in [2.45, 2.75) is 30.8 Å². The predicted octanol–water partition coefficient (Wildman–Crippen LogP) is 1.10. The lowest BCUT2D eigenvalue weighted by atomic mass is 10.1. The minimum atomic E-state index is -4.20. The van der Waals surface area contributed by atoms with E-state index in [4.69, 9.17) is 4.74 Å². The number of rotatable bonds is 0. The third-order valence-electron chi connectivity index (χ3n) is 2.15. The molecule has 2 aliphatic heterocycles. The van der Waals surface area contributed by atoms with Crippen LogP contribution in [0.1, 0.15) is 6.42 Å². The van der Waals surface area contributed by atoms with Gasteiger partial charge in [0.05, 0.1) is 6.10 Å². The normalized spacial score (nSPS) is 39.8. The van der Waals surface area contributed by atoms with Gasteiger partial charge in [-0.05, 0) is 6.42 Å². The zero-order valence-electron chi connectivity index (χ0n) is 6.10. The van der Waals surface area contributed by atoms with Crippen LogP contribution in [0.25, 0.3) is 0 Å². The molecule has 0 aromatic heterocycles. The van der Waals surface area contributed by atoms with Crippen LogP contribution in [0.3, 0.4) is 0 Å². The number of hydrogen-bond acceptors (Lipinski definition) is 2. The Morgan fingerprint density at radius 1 is 1.33 bits per heavy atom. The molecule has 6 heteroatoms. The van der Waals surface area contributed by atoms with E-state index in [1.165, 1.54) is 0 Å². The molecule has 0 amide bonds. The number of fused-ring (bicyclic) bond motifs is 2. The molecule has 2 bridgehead atoms. The van der Waals surface area contributed by atoms with Gasteiger partial charge in [0.25, 0.3) is 0 Å². The molecule has 1 N–H and O–H groups in total. The van der Waals surface area contributed by atoms with E-state index in [9.17, 15) is 13.2 Å². The summed E-state index contributed by atoms with van der Waals surface area (Å²) in [5.41, 5.74) is 0. The van der Waals surface area contributed by atoms with Crippen molar-refractivity contribution >= 4 is 12.4 Å². The van der Waals surface area contributed by atoms with Gasteiger partial charge in [0, 0.05) is 12.6 Å². The summed E-state index contributed by atoms with van der Waals surface area (Å²) in [5.74, 6) is 0. The van der Waals surface area contributed by atoms with Gasteiger partial charge in [-0.3, -0.25) is 0 Å². The molecule has 0 saturated carbocycles. The molecule has 72 valence electrons. The quantitative estimate of drug-likeness (QED) is 0.637. The van der Waals surface area contributed by atoms with Crippen molar-refractivity contribution in [3.8, 4) is 0 Å². The van der Waals surface area contributed by atoms with Gasteiger partial charge in [-0.1, -0.05) is 0 Å². The maximum absolute atomic E-state index is 12.1. The van der Waals surface area contributed by atoms with Gasteiger partial charge in [-0.15, -0.1) is 12.4 Å². The fraction of sp³-hybridized carbons (Fsp3) is 1.00. The van der Waals surface area contributed by atoms with Gasteiger partial charge < -0.3 is 10.1 Å². The Morgan fingerprint density at radius 2 is 2.00 bits per heavy atom. The lowest BCUT2D eigenvalue weighted by molar-refractivity contribution is -0.225. The maximum Gasteiger partial charge on any atom is 0.416 e. The molecule has 12 heavy (non-hydrogen) atoms. The summed E-state index contributed by atoms with van der Waals surface area (Å²) in [6, 6.07) is -0.500. The molecular formula is C6H9ClF3NO. The number of alkyl halides is 3. The Bertz CT molecular complexity index is 175. The van der Waals surface area contributed by atoms with Crippen molar-refractivity contribution in [2.75, 3.05) is 6.54 Å². The SMILES string of the molecule is Cl.FC(F)(F)[C@@H]1O[C@@H]2CN[C@H]1C2. The Morgan fingerprint density at radius 3 is 2.25 bits per heavy atom. The highest BCUT2D eigenvalue weighted by molar-refractivity contribution is 5.85. The second-order valence-electron chi connectivity index (χ2n) is 2.97. The van der Waals surface area contributed by atoms with Crippen LogP contribution >= 0.6 is 12.4 Å². The Labute approximate surface area is 73.9 Å². The smallest absolute Gasteiger partial charge is 0.362 e. The van der Waals surface area contributed by atoms with E-state index >= 15 is 0 Å². The van der Waals surface area contributed by atoms with Crippen LogP contribution in [0.2, 0.25) is 0 Å². The monoisotopic (exact) mass is 203 g/mol. The van der Waals surface area contributed by atoms with E-state index in [1.807, 2.05) is 0 Å². The van der Waals surface area contributed by atoms with Crippen molar-refractivity contribution in [2.24, 2.45) is 0 Å². The Balaban J connectivity index is 0.000000720. The molecule has 2 fully saturated rings. The maximum atomic E-state index is 12.1. The predicted molar refractivity (Wildman–Crippen MR) is 38.4 cm³/mol. The average Bonchev–Trinajstić information content (AvgIpc) is 2.42. The standard InChI is InChI=1S/C6H8F3NO.ClH/c7-6(8,9)5-4-1-3(11-5)2-10-4;/h3-5,10H,1-2H2;1H/t3-,4-,5+;/m0./s1. The minimum Gasteiger partial charge on any atom is -0.362 e.